The number of benzene rings is 1. The van der Waals surface area contributed by atoms with Crippen LogP contribution in [0.4, 0.5) is 8.78 Å². The lowest BCUT2D eigenvalue weighted by Crippen LogP contribution is -2.43. The van der Waals surface area contributed by atoms with Crippen LogP contribution in [-0.2, 0) is 4.79 Å². The Kier molecular flexibility index (Phi) is 4.46. The van der Waals surface area contributed by atoms with Gasteiger partial charge in [-0.1, -0.05) is 19.1 Å². The van der Waals surface area contributed by atoms with Crippen molar-refractivity contribution in [3.8, 4) is 5.75 Å². The van der Waals surface area contributed by atoms with E-state index in [9.17, 15) is 13.6 Å². The molecule has 1 amide bonds. The van der Waals surface area contributed by atoms with Crippen molar-refractivity contribution in [1.29, 1.82) is 0 Å². The molecule has 6 heteroatoms. The summed E-state index contributed by atoms with van der Waals surface area (Å²) < 4.78 is 30.8. The highest BCUT2D eigenvalue weighted by Gasteiger charge is 2.47. The van der Waals surface area contributed by atoms with E-state index in [1.54, 1.807) is 38.3 Å². The fourth-order valence-electron chi connectivity index (χ4n) is 2.54. The van der Waals surface area contributed by atoms with Gasteiger partial charge in [0.05, 0.1) is 19.2 Å². The highest BCUT2D eigenvalue weighted by atomic mass is 19.3. The number of nitrogens with zero attached hydrogens (tertiary/aromatic N) is 1. The van der Waals surface area contributed by atoms with Gasteiger partial charge in [-0.05, 0) is 31.0 Å². The number of amides is 1. The molecule has 0 bridgehead atoms. The summed E-state index contributed by atoms with van der Waals surface area (Å²) in [6.07, 6.45) is -2.60. The third-order valence-electron chi connectivity index (χ3n) is 3.95. The first-order chi connectivity index (χ1) is 9.91. The predicted octanol–water partition coefficient (Wildman–Crippen LogP) is 2.56. The molecule has 1 aliphatic rings. The predicted molar refractivity (Wildman–Crippen MR) is 75.3 cm³/mol. The third kappa shape index (κ3) is 3.00. The van der Waals surface area contributed by atoms with Crippen LogP contribution in [0.2, 0.25) is 0 Å². The number of carbonyl (C=O) groups excluding carboxylic acids is 1. The van der Waals surface area contributed by atoms with E-state index in [-0.39, 0.29) is 5.91 Å². The number of hydrogen-bond donors (Lipinski definition) is 1. The lowest BCUT2D eigenvalue weighted by atomic mass is 9.99. The second-order valence-corrected chi connectivity index (χ2v) is 5.36. The van der Waals surface area contributed by atoms with E-state index in [0.29, 0.717) is 12.2 Å². The molecule has 1 fully saturated rings. The number of ether oxygens (including phenoxy) is 1. The number of alkyl halides is 2. The maximum atomic E-state index is 12.8. The van der Waals surface area contributed by atoms with Crippen LogP contribution in [0.5, 0.6) is 5.75 Å². The van der Waals surface area contributed by atoms with Crippen LogP contribution in [0.3, 0.4) is 0 Å². The van der Waals surface area contributed by atoms with E-state index >= 15 is 0 Å². The quantitative estimate of drug-likeness (QED) is 0.908. The average molecular weight is 298 g/mol. The Morgan fingerprint density at radius 2 is 2.19 bits per heavy atom. The largest absolute Gasteiger partial charge is 0.497 e. The van der Waals surface area contributed by atoms with Crippen LogP contribution in [0, 0.1) is 0 Å². The average Bonchev–Trinajstić information content (AvgIpc) is 2.72. The van der Waals surface area contributed by atoms with E-state index in [0.717, 1.165) is 5.56 Å². The molecule has 1 saturated heterocycles. The minimum absolute atomic E-state index is 0.293. The van der Waals surface area contributed by atoms with Gasteiger partial charge in [0.2, 0.25) is 5.91 Å². The Bertz CT molecular complexity index is 524. The summed E-state index contributed by atoms with van der Waals surface area (Å²) in [4.78, 5) is 13.6. The number of carbonyl (C=O) groups is 1. The molecule has 1 aromatic carbocycles. The van der Waals surface area contributed by atoms with Crippen molar-refractivity contribution in [2.45, 2.75) is 38.4 Å². The molecule has 2 unspecified atom stereocenters. The maximum Gasteiger partial charge on any atom is 0.255 e. The molecule has 1 heterocycles. The van der Waals surface area contributed by atoms with Gasteiger partial charge in [0.15, 0.2) is 0 Å². The first kappa shape index (κ1) is 15.7. The van der Waals surface area contributed by atoms with Crippen molar-refractivity contribution in [3.05, 3.63) is 29.8 Å². The first-order valence-corrected chi connectivity index (χ1v) is 6.92. The molecule has 116 valence electrons. The number of methoxy groups -OCH3 is 1. The second kappa shape index (κ2) is 5.97. The number of nitrogens with one attached hydrogen (secondary N) is 1. The standard InChI is InChI=1S/C15H20F2N2O2/c1-4-15(2)14(20)19(9-12(16)17)13(18-15)10-6-5-7-11(8-10)21-3/h5-8,12-13,18H,4,9H2,1-3H3. The van der Waals surface area contributed by atoms with Crippen LogP contribution in [0.15, 0.2) is 24.3 Å². The van der Waals surface area contributed by atoms with E-state index in [4.69, 9.17) is 4.74 Å². The molecule has 4 nitrogen and oxygen atoms in total. The van der Waals surface area contributed by atoms with E-state index in [1.807, 2.05) is 6.92 Å². The summed E-state index contributed by atoms with van der Waals surface area (Å²) in [7, 11) is 1.54. The van der Waals surface area contributed by atoms with E-state index < -0.39 is 24.7 Å². The van der Waals surface area contributed by atoms with Crippen molar-refractivity contribution in [1.82, 2.24) is 10.2 Å². The van der Waals surface area contributed by atoms with Crippen LogP contribution in [0.25, 0.3) is 0 Å². The van der Waals surface area contributed by atoms with Crippen molar-refractivity contribution in [2.24, 2.45) is 0 Å². The van der Waals surface area contributed by atoms with Crippen molar-refractivity contribution < 1.29 is 18.3 Å². The fraction of sp³-hybridized carbons (Fsp3) is 0.533. The molecule has 21 heavy (non-hydrogen) atoms. The molecule has 0 spiro atoms. The van der Waals surface area contributed by atoms with Gasteiger partial charge in [-0.3, -0.25) is 10.1 Å². The summed E-state index contributed by atoms with van der Waals surface area (Å²) >= 11 is 0. The van der Waals surface area contributed by atoms with Crippen molar-refractivity contribution >= 4 is 5.91 Å². The van der Waals surface area contributed by atoms with Crippen LogP contribution in [-0.4, -0.2) is 36.4 Å². The van der Waals surface area contributed by atoms with E-state index in [1.165, 1.54) is 4.90 Å². The van der Waals surface area contributed by atoms with Gasteiger partial charge >= 0.3 is 0 Å². The summed E-state index contributed by atoms with van der Waals surface area (Å²) in [6, 6.07) is 7.11. The summed E-state index contributed by atoms with van der Waals surface area (Å²) in [5.74, 6) is 0.335. The van der Waals surface area contributed by atoms with Crippen LogP contribution >= 0.6 is 0 Å². The third-order valence-corrected chi connectivity index (χ3v) is 3.95. The Labute approximate surface area is 123 Å². The molecular formula is C15H20F2N2O2. The number of rotatable bonds is 5. The van der Waals surface area contributed by atoms with Gasteiger partial charge in [-0.15, -0.1) is 0 Å². The van der Waals surface area contributed by atoms with Gasteiger partial charge in [0.25, 0.3) is 6.43 Å². The number of halogens is 2. The fourth-order valence-corrected chi connectivity index (χ4v) is 2.54. The van der Waals surface area contributed by atoms with Crippen molar-refractivity contribution in [2.75, 3.05) is 13.7 Å². The zero-order valence-corrected chi connectivity index (χ0v) is 12.4. The van der Waals surface area contributed by atoms with E-state index in [2.05, 4.69) is 5.32 Å². The minimum atomic E-state index is -2.57. The SMILES string of the molecule is CCC1(C)NC(c2cccc(OC)c2)N(CC(F)F)C1=O. The van der Waals surface area contributed by atoms with Gasteiger partial charge in [0, 0.05) is 0 Å². The van der Waals surface area contributed by atoms with Gasteiger partial charge < -0.3 is 9.64 Å². The molecule has 1 aromatic rings. The Morgan fingerprint density at radius 1 is 1.48 bits per heavy atom. The summed E-state index contributed by atoms with van der Waals surface area (Å²) in [5, 5.41) is 3.18. The Balaban J connectivity index is 2.36. The van der Waals surface area contributed by atoms with Gasteiger partial charge in [0.1, 0.15) is 11.9 Å². The topological polar surface area (TPSA) is 41.6 Å². The van der Waals surface area contributed by atoms with Crippen LogP contribution < -0.4 is 10.1 Å². The zero-order valence-electron chi connectivity index (χ0n) is 12.4. The molecule has 2 atom stereocenters. The highest BCUT2D eigenvalue weighted by Crippen LogP contribution is 2.34. The molecule has 1 N–H and O–H groups in total. The zero-order chi connectivity index (χ0) is 15.6. The van der Waals surface area contributed by atoms with Gasteiger partial charge in [-0.2, -0.15) is 0 Å². The monoisotopic (exact) mass is 298 g/mol. The molecular weight excluding hydrogens is 278 g/mol. The highest BCUT2D eigenvalue weighted by molar-refractivity contribution is 5.88. The molecule has 0 radical (unpaired) electrons. The Morgan fingerprint density at radius 3 is 2.76 bits per heavy atom. The number of hydrogen-bond acceptors (Lipinski definition) is 3. The second-order valence-electron chi connectivity index (χ2n) is 5.36. The summed E-state index contributed by atoms with van der Waals surface area (Å²) in [6.45, 7) is 3.02. The van der Waals surface area contributed by atoms with Crippen LogP contribution in [0.1, 0.15) is 32.0 Å². The Hall–Kier alpha value is -1.69. The van der Waals surface area contributed by atoms with Gasteiger partial charge in [-0.25, -0.2) is 8.78 Å². The lowest BCUT2D eigenvalue weighted by molar-refractivity contribution is -0.134. The molecule has 0 saturated carbocycles. The first-order valence-electron chi connectivity index (χ1n) is 6.92. The maximum absolute atomic E-state index is 12.8. The minimum Gasteiger partial charge on any atom is -0.497 e. The molecule has 0 aliphatic carbocycles. The summed E-state index contributed by atoms with van der Waals surface area (Å²) in [5.41, 5.74) is -0.0802. The van der Waals surface area contributed by atoms with Crippen molar-refractivity contribution in [3.63, 3.8) is 0 Å². The molecule has 1 aliphatic heterocycles. The lowest BCUT2D eigenvalue weighted by Gasteiger charge is -2.24. The smallest absolute Gasteiger partial charge is 0.255 e. The molecule has 2 rings (SSSR count). The molecule has 0 aromatic heterocycles. The normalized spacial score (nSPS) is 25.7.